The second kappa shape index (κ2) is 11.0. The van der Waals surface area contributed by atoms with E-state index >= 15 is 0 Å². The maximum Gasteiger partial charge on any atom is 0.316 e. The van der Waals surface area contributed by atoms with Crippen molar-refractivity contribution in [3.05, 3.63) is 60.4 Å². The number of anilines is 1. The Balaban J connectivity index is 1.47. The van der Waals surface area contributed by atoms with Crippen LogP contribution < -0.4 is 10.1 Å². The molecule has 1 aromatic heterocycles. The van der Waals surface area contributed by atoms with Crippen LogP contribution in [0.4, 0.5) is 5.69 Å². The van der Waals surface area contributed by atoms with Gasteiger partial charge in [-0.15, -0.1) is 10.2 Å². The van der Waals surface area contributed by atoms with Gasteiger partial charge in [-0.1, -0.05) is 48.5 Å². The molecular weight excluding hydrogens is 424 g/mol. The number of benzene rings is 2. The highest BCUT2D eigenvalue weighted by Gasteiger charge is 2.20. The third-order valence-electron chi connectivity index (χ3n) is 5.43. The number of methoxy groups -OCH3 is 1. The molecule has 1 saturated carbocycles. The number of aromatic nitrogens is 3. The van der Waals surface area contributed by atoms with E-state index in [2.05, 4.69) is 15.5 Å². The Hall–Kier alpha value is -3.00. The van der Waals surface area contributed by atoms with Gasteiger partial charge in [-0.05, 0) is 49.9 Å². The highest BCUT2D eigenvalue weighted by molar-refractivity contribution is 7.99. The van der Waals surface area contributed by atoms with Gasteiger partial charge in [0.2, 0.25) is 0 Å². The van der Waals surface area contributed by atoms with Crippen molar-refractivity contribution in [3.63, 3.8) is 0 Å². The molecule has 0 bridgehead atoms. The molecule has 1 fully saturated rings. The van der Waals surface area contributed by atoms with Gasteiger partial charge in [0, 0.05) is 5.69 Å². The number of rotatable bonds is 9. The monoisotopic (exact) mass is 452 g/mol. The minimum atomic E-state index is -0.196. The number of ether oxygens (including phenoxy) is 2. The molecule has 0 aliphatic heterocycles. The largest absolute Gasteiger partial charge is 0.495 e. The molecule has 1 aliphatic carbocycles. The number of hydrogen-bond acceptors (Lipinski definition) is 7. The molecule has 1 heterocycles. The number of hydrogen-bond donors (Lipinski definition) is 1. The van der Waals surface area contributed by atoms with Crippen LogP contribution in [0.25, 0.3) is 5.69 Å². The van der Waals surface area contributed by atoms with Crippen LogP contribution in [0.5, 0.6) is 5.75 Å². The third-order valence-corrected chi connectivity index (χ3v) is 6.33. The Morgan fingerprint density at radius 3 is 2.59 bits per heavy atom. The van der Waals surface area contributed by atoms with E-state index in [0.29, 0.717) is 11.7 Å². The van der Waals surface area contributed by atoms with Gasteiger partial charge >= 0.3 is 5.97 Å². The van der Waals surface area contributed by atoms with Crippen molar-refractivity contribution in [1.29, 1.82) is 0 Å². The first-order valence-corrected chi connectivity index (χ1v) is 11.9. The lowest BCUT2D eigenvalue weighted by atomic mass is 9.98. The summed E-state index contributed by atoms with van der Waals surface area (Å²) in [5.74, 6) is 1.52. The fraction of sp³-hybridized carbons (Fsp3) is 0.375. The van der Waals surface area contributed by atoms with Gasteiger partial charge < -0.3 is 14.8 Å². The summed E-state index contributed by atoms with van der Waals surface area (Å²) >= 11 is 1.35. The predicted molar refractivity (Wildman–Crippen MR) is 125 cm³/mol. The smallest absolute Gasteiger partial charge is 0.316 e. The first-order chi connectivity index (χ1) is 15.7. The number of nitrogens with zero attached hydrogens (tertiary/aromatic N) is 3. The third kappa shape index (κ3) is 5.62. The number of carbonyl (C=O) groups is 1. The number of carbonyl (C=O) groups excluding carboxylic acids is 1. The van der Waals surface area contributed by atoms with Crippen molar-refractivity contribution < 1.29 is 14.3 Å². The fourth-order valence-electron chi connectivity index (χ4n) is 3.84. The highest BCUT2D eigenvalue weighted by atomic mass is 32.2. The van der Waals surface area contributed by atoms with Gasteiger partial charge in [0.1, 0.15) is 11.9 Å². The van der Waals surface area contributed by atoms with Crippen LogP contribution in [0.1, 0.15) is 37.9 Å². The summed E-state index contributed by atoms with van der Waals surface area (Å²) in [6.07, 6.45) is 5.50. The molecule has 0 amide bonds. The molecule has 168 valence electrons. The molecular formula is C24H28N4O3S. The SMILES string of the molecule is COc1ccccc1NCc1nnc(SCC(=O)OC2CCCCC2)n1-c1ccccc1. The normalized spacial score (nSPS) is 14.2. The van der Waals surface area contributed by atoms with E-state index in [1.807, 2.05) is 59.2 Å². The lowest BCUT2D eigenvalue weighted by molar-refractivity contribution is -0.147. The minimum Gasteiger partial charge on any atom is -0.495 e. The van der Waals surface area contributed by atoms with Crippen LogP contribution in [0.15, 0.2) is 59.8 Å². The summed E-state index contributed by atoms with van der Waals surface area (Å²) in [5, 5.41) is 12.8. The van der Waals surface area contributed by atoms with E-state index in [1.54, 1.807) is 7.11 Å². The quantitative estimate of drug-likeness (QED) is 0.367. The molecule has 0 spiro atoms. The van der Waals surface area contributed by atoms with E-state index in [9.17, 15) is 4.79 Å². The van der Waals surface area contributed by atoms with E-state index in [1.165, 1.54) is 18.2 Å². The standard InChI is InChI=1S/C24H28N4O3S/c1-30-21-15-9-8-14-20(21)25-16-22-26-27-24(28(22)18-10-4-2-5-11-18)32-17-23(29)31-19-12-6-3-7-13-19/h2,4-5,8-11,14-15,19,25H,3,6-7,12-13,16-17H2,1H3. The fourth-order valence-corrected chi connectivity index (χ4v) is 4.59. The molecule has 7 nitrogen and oxygen atoms in total. The number of thioether (sulfide) groups is 1. The van der Waals surface area contributed by atoms with Crippen LogP contribution in [0.2, 0.25) is 0 Å². The van der Waals surface area contributed by atoms with Crippen LogP contribution >= 0.6 is 11.8 Å². The van der Waals surface area contributed by atoms with Crippen molar-refractivity contribution in [2.75, 3.05) is 18.2 Å². The molecule has 0 atom stereocenters. The average molecular weight is 453 g/mol. The summed E-state index contributed by atoms with van der Waals surface area (Å²) < 4.78 is 13.0. The first kappa shape index (κ1) is 22.2. The molecule has 0 saturated heterocycles. The van der Waals surface area contributed by atoms with E-state index < -0.39 is 0 Å². The Labute approximate surface area is 192 Å². The van der Waals surface area contributed by atoms with E-state index in [0.717, 1.165) is 48.6 Å². The van der Waals surface area contributed by atoms with Gasteiger partial charge in [-0.3, -0.25) is 9.36 Å². The highest BCUT2D eigenvalue weighted by Crippen LogP contribution is 2.26. The molecule has 32 heavy (non-hydrogen) atoms. The van der Waals surface area contributed by atoms with Crippen molar-refractivity contribution in [3.8, 4) is 11.4 Å². The van der Waals surface area contributed by atoms with E-state index in [4.69, 9.17) is 9.47 Å². The Kier molecular flexibility index (Phi) is 7.66. The second-order valence-electron chi connectivity index (χ2n) is 7.66. The Bertz CT molecular complexity index is 1020. The Morgan fingerprint density at radius 1 is 1.06 bits per heavy atom. The van der Waals surface area contributed by atoms with E-state index in [-0.39, 0.29) is 17.8 Å². The van der Waals surface area contributed by atoms with Crippen molar-refractivity contribution in [1.82, 2.24) is 14.8 Å². The predicted octanol–water partition coefficient (Wildman–Crippen LogP) is 4.86. The lowest BCUT2D eigenvalue weighted by Crippen LogP contribution is -2.22. The van der Waals surface area contributed by atoms with Gasteiger partial charge in [0.05, 0.1) is 25.1 Å². The molecule has 4 rings (SSSR count). The zero-order valence-corrected chi connectivity index (χ0v) is 19.0. The van der Waals surface area contributed by atoms with Crippen molar-refractivity contribution in [2.45, 2.75) is 49.9 Å². The van der Waals surface area contributed by atoms with Crippen molar-refractivity contribution >= 4 is 23.4 Å². The summed E-state index contributed by atoms with van der Waals surface area (Å²) in [6, 6.07) is 17.7. The molecule has 0 unspecified atom stereocenters. The summed E-state index contributed by atoms with van der Waals surface area (Å²) in [5.41, 5.74) is 1.82. The maximum absolute atomic E-state index is 12.4. The van der Waals surface area contributed by atoms with Crippen LogP contribution in [-0.2, 0) is 16.1 Å². The number of nitrogens with one attached hydrogen (secondary N) is 1. The lowest BCUT2D eigenvalue weighted by Gasteiger charge is -2.21. The minimum absolute atomic E-state index is 0.0597. The van der Waals surface area contributed by atoms with Gasteiger partial charge in [-0.2, -0.15) is 0 Å². The van der Waals surface area contributed by atoms with Crippen molar-refractivity contribution in [2.24, 2.45) is 0 Å². The van der Waals surface area contributed by atoms with Gasteiger partial charge in [0.15, 0.2) is 11.0 Å². The topological polar surface area (TPSA) is 78.3 Å². The van der Waals surface area contributed by atoms with Crippen LogP contribution in [0, 0.1) is 0 Å². The molecule has 1 aliphatic rings. The zero-order valence-electron chi connectivity index (χ0n) is 18.2. The molecule has 3 aromatic rings. The molecule has 1 N–H and O–H groups in total. The molecule has 8 heteroatoms. The maximum atomic E-state index is 12.4. The summed E-state index contributed by atoms with van der Waals surface area (Å²) in [4.78, 5) is 12.4. The zero-order chi connectivity index (χ0) is 22.2. The molecule has 0 radical (unpaired) electrons. The second-order valence-corrected chi connectivity index (χ2v) is 8.60. The first-order valence-electron chi connectivity index (χ1n) is 10.9. The van der Waals surface area contributed by atoms with Crippen LogP contribution in [0.3, 0.4) is 0 Å². The average Bonchev–Trinajstić information content (AvgIpc) is 3.25. The number of esters is 1. The molecule has 2 aromatic carbocycles. The summed E-state index contributed by atoms with van der Waals surface area (Å²) in [6.45, 7) is 0.454. The summed E-state index contributed by atoms with van der Waals surface area (Å²) in [7, 11) is 1.65. The van der Waals surface area contributed by atoms with Gasteiger partial charge in [-0.25, -0.2) is 0 Å². The Morgan fingerprint density at radius 2 is 1.81 bits per heavy atom. The van der Waals surface area contributed by atoms with Crippen LogP contribution in [-0.4, -0.2) is 39.7 Å². The van der Waals surface area contributed by atoms with Gasteiger partial charge in [0.25, 0.3) is 0 Å². The number of para-hydroxylation sites is 3.